The van der Waals surface area contributed by atoms with Gasteiger partial charge in [0.1, 0.15) is 11.5 Å². The average Bonchev–Trinajstić information content (AvgIpc) is 2.47. The molecule has 1 amide bonds. The number of carbonyl (C=O) groups excluding carboxylic acids is 1. The van der Waals surface area contributed by atoms with Crippen LogP contribution in [0.25, 0.3) is 0 Å². The number of amides is 1. The molecule has 3 N–H and O–H groups in total. The predicted molar refractivity (Wildman–Crippen MR) is 83.9 cm³/mol. The van der Waals surface area contributed by atoms with E-state index in [2.05, 4.69) is 24.1 Å². The number of aromatic hydroxyl groups is 2. The summed E-state index contributed by atoms with van der Waals surface area (Å²) in [4.78, 5) is 16.3. The molecule has 1 aromatic carbocycles. The quantitative estimate of drug-likeness (QED) is 0.793. The van der Waals surface area contributed by atoms with Crippen molar-refractivity contribution in [1.29, 1.82) is 0 Å². The maximum absolute atomic E-state index is 12.2. The zero-order valence-electron chi connectivity index (χ0n) is 12.7. The van der Waals surface area contributed by atoms with Crippen LogP contribution in [0, 0.1) is 5.92 Å². The van der Waals surface area contributed by atoms with Crippen molar-refractivity contribution in [3.63, 3.8) is 0 Å². The number of phenols is 2. The number of carbonyl (C=O) groups is 1. The molecule has 0 radical (unpaired) electrons. The molecule has 5 heteroatoms. The SMILES string of the molecule is CC(C)C(CNC(=O)c1cc(O)cc(O)c1)c1cccnc1. The Balaban J connectivity index is 2.08. The van der Waals surface area contributed by atoms with Gasteiger partial charge in [0.15, 0.2) is 0 Å². The monoisotopic (exact) mass is 300 g/mol. The second kappa shape index (κ2) is 6.93. The van der Waals surface area contributed by atoms with E-state index in [4.69, 9.17) is 0 Å². The highest BCUT2D eigenvalue weighted by molar-refractivity contribution is 5.95. The molecular weight excluding hydrogens is 280 g/mol. The van der Waals surface area contributed by atoms with Gasteiger partial charge in [0.25, 0.3) is 5.91 Å². The van der Waals surface area contributed by atoms with E-state index in [1.165, 1.54) is 18.2 Å². The minimum atomic E-state index is -0.333. The standard InChI is InChI=1S/C17H20N2O3/c1-11(2)16(12-4-3-5-18-9-12)10-19-17(22)13-6-14(20)8-15(21)7-13/h3-9,11,16,20-21H,10H2,1-2H3,(H,19,22). The Labute approximate surface area is 129 Å². The highest BCUT2D eigenvalue weighted by Gasteiger charge is 2.18. The minimum absolute atomic E-state index is 0.141. The number of pyridine rings is 1. The minimum Gasteiger partial charge on any atom is -0.508 e. The van der Waals surface area contributed by atoms with Crippen molar-refractivity contribution in [2.75, 3.05) is 6.54 Å². The molecule has 1 aromatic heterocycles. The molecule has 2 rings (SSSR count). The Kier molecular flexibility index (Phi) is 4.99. The lowest BCUT2D eigenvalue weighted by Crippen LogP contribution is -2.30. The molecule has 0 saturated heterocycles. The summed E-state index contributed by atoms with van der Waals surface area (Å²) in [7, 11) is 0. The molecule has 0 saturated carbocycles. The lowest BCUT2D eigenvalue weighted by molar-refractivity contribution is 0.0948. The van der Waals surface area contributed by atoms with Gasteiger partial charge in [-0.1, -0.05) is 19.9 Å². The van der Waals surface area contributed by atoms with Crippen molar-refractivity contribution in [3.8, 4) is 11.5 Å². The Bertz CT molecular complexity index is 621. The summed E-state index contributed by atoms with van der Waals surface area (Å²) < 4.78 is 0. The fraction of sp³-hybridized carbons (Fsp3) is 0.294. The van der Waals surface area contributed by atoms with Gasteiger partial charge in [-0.15, -0.1) is 0 Å². The van der Waals surface area contributed by atoms with Gasteiger partial charge in [-0.2, -0.15) is 0 Å². The molecule has 0 fully saturated rings. The molecule has 0 aliphatic rings. The maximum Gasteiger partial charge on any atom is 0.251 e. The topological polar surface area (TPSA) is 82.5 Å². The third kappa shape index (κ3) is 3.97. The fourth-order valence-corrected chi connectivity index (χ4v) is 2.36. The first kappa shape index (κ1) is 15.8. The van der Waals surface area contributed by atoms with Crippen LogP contribution in [0.4, 0.5) is 0 Å². The van der Waals surface area contributed by atoms with Crippen LogP contribution in [0.5, 0.6) is 11.5 Å². The van der Waals surface area contributed by atoms with E-state index in [0.29, 0.717) is 12.5 Å². The summed E-state index contributed by atoms with van der Waals surface area (Å²) in [5, 5.41) is 21.7. The van der Waals surface area contributed by atoms with Gasteiger partial charge in [-0.25, -0.2) is 0 Å². The van der Waals surface area contributed by atoms with Crippen molar-refractivity contribution in [3.05, 3.63) is 53.9 Å². The molecule has 5 nitrogen and oxygen atoms in total. The van der Waals surface area contributed by atoms with Crippen molar-refractivity contribution in [1.82, 2.24) is 10.3 Å². The zero-order valence-corrected chi connectivity index (χ0v) is 12.7. The normalized spacial score (nSPS) is 12.1. The lowest BCUT2D eigenvalue weighted by Gasteiger charge is -2.21. The first-order valence-electron chi connectivity index (χ1n) is 7.18. The van der Waals surface area contributed by atoms with E-state index in [1.807, 2.05) is 12.1 Å². The Morgan fingerprint density at radius 1 is 1.23 bits per heavy atom. The highest BCUT2D eigenvalue weighted by Crippen LogP contribution is 2.24. The second-order valence-corrected chi connectivity index (χ2v) is 5.58. The van der Waals surface area contributed by atoms with Crippen LogP contribution in [0.3, 0.4) is 0 Å². The Morgan fingerprint density at radius 2 is 1.91 bits per heavy atom. The first-order chi connectivity index (χ1) is 10.5. The molecule has 1 atom stereocenters. The van der Waals surface area contributed by atoms with Gasteiger partial charge < -0.3 is 15.5 Å². The van der Waals surface area contributed by atoms with Gasteiger partial charge in [-0.05, 0) is 29.7 Å². The fourth-order valence-electron chi connectivity index (χ4n) is 2.36. The van der Waals surface area contributed by atoms with Gasteiger partial charge in [-0.3, -0.25) is 9.78 Å². The van der Waals surface area contributed by atoms with Gasteiger partial charge >= 0.3 is 0 Å². The van der Waals surface area contributed by atoms with Crippen molar-refractivity contribution >= 4 is 5.91 Å². The number of benzene rings is 1. The van der Waals surface area contributed by atoms with Gasteiger partial charge in [0.05, 0.1) is 0 Å². The van der Waals surface area contributed by atoms with Crippen LogP contribution in [-0.4, -0.2) is 27.6 Å². The van der Waals surface area contributed by atoms with E-state index in [9.17, 15) is 15.0 Å². The summed E-state index contributed by atoms with van der Waals surface area (Å²) in [5.41, 5.74) is 1.29. The highest BCUT2D eigenvalue weighted by atomic mass is 16.3. The van der Waals surface area contributed by atoms with Crippen LogP contribution in [0.1, 0.15) is 35.7 Å². The van der Waals surface area contributed by atoms with Crippen LogP contribution in [0.15, 0.2) is 42.7 Å². The van der Waals surface area contributed by atoms with E-state index in [1.54, 1.807) is 12.4 Å². The van der Waals surface area contributed by atoms with Crippen LogP contribution >= 0.6 is 0 Å². The van der Waals surface area contributed by atoms with Crippen molar-refractivity contribution < 1.29 is 15.0 Å². The molecule has 0 aliphatic heterocycles. The number of aromatic nitrogens is 1. The summed E-state index contributed by atoms with van der Waals surface area (Å²) in [6.45, 7) is 4.63. The molecule has 1 unspecified atom stereocenters. The number of rotatable bonds is 5. The number of phenolic OH excluding ortho intramolecular Hbond substituents is 2. The van der Waals surface area contributed by atoms with E-state index in [0.717, 1.165) is 5.56 Å². The molecule has 116 valence electrons. The van der Waals surface area contributed by atoms with Crippen molar-refractivity contribution in [2.45, 2.75) is 19.8 Å². The van der Waals surface area contributed by atoms with Crippen LogP contribution in [-0.2, 0) is 0 Å². The smallest absolute Gasteiger partial charge is 0.251 e. The third-order valence-electron chi connectivity index (χ3n) is 3.56. The maximum atomic E-state index is 12.2. The third-order valence-corrected chi connectivity index (χ3v) is 3.56. The lowest BCUT2D eigenvalue weighted by atomic mass is 9.89. The molecule has 0 spiro atoms. The van der Waals surface area contributed by atoms with E-state index < -0.39 is 0 Å². The molecule has 22 heavy (non-hydrogen) atoms. The predicted octanol–water partition coefficient (Wildman–Crippen LogP) is 2.66. The average molecular weight is 300 g/mol. The Hall–Kier alpha value is -2.56. The summed E-state index contributed by atoms with van der Waals surface area (Å²) >= 11 is 0. The van der Waals surface area contributed by atoms with Crippen LogP contribution in [0.2, 0.25) is 0 Å². The van der Waals surface area contributed by atoms with Crippen LogP contribution < -0.4 is 5.32 Å². The van der Waals surface area contributed by atoms with E-state index in [-0.39, 0.29) is 28.9 Å². The molecule has 2 aromatic rings. The van der Waals surface area contributed by atoms with Gasteiger partial charge in [0.2, 0.25) is 0 Å². The molecule has 0 aliphatic carbocycles. The number of hydrogen-bond donors (Lipinski definition) is 3. The van der Waals surface area contributed by atoms with Crippen molar-refractivity contribution in [2.24, 2.45) is 5.92 Å². The number of nitrogens with zero attached hydrogens (tertiary/aromatic N) is 1. The zero-order chi connectivity index (χ0) is 16.1. The summed E-state index contributed by atoms with van der Waals surface area (Å²) in [6, 6.07) is 7.69. The molecular formula is C17H20N2O3. The first-order valence-corrected chi connectivity index (χ1v) is 7.18. The largest absolute Gasteiger partial charge is 0.508 e. The van der Waals surface area contributed by atoms with Gasteiger partial charge in [0, 0.05) is 36.5 Å². The van der Waals surface area contributed by atoms with E-state index >= 15 is 0 Å². The molecule has 0 bridgehead atoms. The summed E-state index contributed by atoms with van der Waals surface area (Å²) in [5.74, 6) is -0.137. The number of nitrogens with one attached hydrogen (secondary N) is 1. The molecule has 1 heterocycles. The second-order valence-electron chi connectivity index (χ2n) is 5.58. The summed E-state index contributed by atoms with van der Waals surface area (Å²) in [6.07, 6.45) is 3.52. The Morgan fingerprint density at radius 3 is 2.45 bits per heavy atom. The number of hydrogen-bond acceptors (Lipinski definition) is 4.